The molecule has 2 aromatic rings. The van der Waals surface area contributed by atoms with E-state index in [1.807, 2.05) is 6.92 Å². The van der Waals surface area contributed by atoms with Crippen LogP contribution >= 0.6 is 34.7 Å². The standard InChI is InChI=1S/C19H21ClN2O4S2/c1-4-26-19(25)15-11(3)16(28-18(15)22-14(23)10-27-5-2)17(24)21-13-8-6-7-12(20)9-13/h6-9H,4-5,10H2,1-3H3,(H,21,24)(H,22,23). The zero-order valence-corrected chi connectivity index (χ0v) is 18.1. The summed E-state index contributed by atoms with van der Waals surface area (Å²) in [4.78, 5) is 37.6. The van der Waals surface area contributed by atoms with Gasteiger partial charge in [-0.25, -0.2) is 4.79 Å². The van der Waals surface area contributed by atoms with Crippen LogP contribution in [0.4, 0.5) is 10.7 Å². The summed E-state index contributed by atoms with van der Waals surface area (Å²) in [6.45, 7) is 5.50. The van der Waals surface area contributed by atoms with E-state index >= 15 is 0 Å². The number of carbonyl (C=O) groups excluding carboxylic acids is 3. The Morgan fingerprint density at radius 3 is 2.61 bits per heavy atom. The van der Waals surface area contributed by atoms with Gasteiger partial charge in [0, 0.05) is 10.7 Å². The maximum absolute atomic E-state index is 12.7. The zero-order valence-electron chi connectivity index (χ0n) is 15.8. The Hall–Kier alpha value is -2.03. The molecular weight excluding hydrogens is 420 g/mol. The van der Waals surface area contributed by atoms with E-state index in [0.717, 1.165) is 17.1 Å². The van der Waals surface area contributed by atoms with Gasteiger partial charge in [-0.15, -0.1) is 11.3 Å². The molecule has 0 bridgehead atoms. The number of nitrogens with one attached hydrogen (secondary N) is 2. The van der Waals surface area contributed by atoms with Gasteiger partial charge < -0.3 is 15.4 Å². The molecule has 28 heavy (non-hydrogen) atoms. The molecule has 2 rings (SSSR count). The van der Waals surface area contributed by atoms with Gasteiger partial charge in [0.05, 0.1) is 22.8 Å². The van der Waals surface area contributed by atoms with Crippen LogP contribution in [0.2, 0.25) is 5.02 Å². The normalized spacial score (nSPS) is 10.4. The number of ether oxygens (including phenoxy) is 1. The summed E-state index contributed by atoms with van der Waals surface area (Å²) < 4.78 is 5.10. The molecule has 1 heterocycles. The fourth-order valence-electron chi connectivity index (χ4n) is 2.38. The topological polar surface area (TPSA) is 84.5 Å². The number of thiophene rings is 1. The average Bonchev–Trinajstić information content (AvgIpc) is 2.96. The average molecular weight is 441 g/mol. The molecule has 0 aliphatic rings. The number of benzene rings is 1. The van der Waals surface area contributed by atoms with Crippen molar-refractivity contribution in [2.75, 3.05) is 28.7 Å². The molecule has 2 N–H and O–H groups in total. The summed E-state index contributed by atoms with van der Waals surface area (Å²) >= 11 is 8.46. The molecule has 0 fully saturated rings. The van der Waals surface area contributed by atoms with Crippen molar-refractivity contribution in [3.05, 3.63) is 45.3 Å². The first-order valence-corrected chi connectivity index (χ1v) is 11.0. The lowest BCUT2D eigenvalue weighted by Gasteiger charge is -2.07. The third kappa shape index (κ3) is 5.73. The number of esters is 1. The van der Waals surface area contributed by atoms with E-state index in [-0.39, 0.29) is 23.8 Å². The van der Waals surface area contributed by atoms with Gasteiger partial charge in [0.2, 0.25) is 5.91 Å². The molecule has 0 unspecified atom stereocenters. The second-order valence-corrected chi connectivity index (χ2v) is 8.36. The Balaban J connectivity index is 2.33. The maximum Gasteiger partial charge on any atom is 0.341 e. The van der Waals surface area contributed by atoms with Crippen molar-refractivity contribution >= 4 is 63.2 Å². The van der Waals surface area contributed by atoms with Crippen molar-refractivity contribution in [1.29, 1.82) is 0 Å². The van der Waals surface area contributed by atoms with Crippen LogP contribution in [0.15, 0.2) is 24.3 Å². The highest BCUT2D eigenvalue weighted by Crippen LogP contribution is 2.34. The highest BCUT2D eigenvalue weighted by molar-refractivity contribution is 7.99. The van der Waals surface area contributed by atoms with E-state index in [9.17, 15) is 14.4 Å². The van der Waals surface area contributed by atoms with Gasteiger partial charge in [0.1, 0.15) is 5.00 Å². The SMILES string of the molecule is CCOC(=O)c1c(NC(=O)CSCC)sc(C(=O)Nc2cccc(Cl)c2)c1C. The molecule has 0 saturated carbocycles. The Labute approximate surface area is 177 Å². The molecule has 1 aromatic heterocycles. The Morgan fingerprint density at radius 1 is 1.21 bits per heavy atom. The molecule has 0 aliphatic carbocycles. The predicted octanol–water partition coefficient (Wildman–Crippen LogP) is 4.83. The molecule has 0 spiro atoms. The van der Waals surface area contributed by atoms with Crippen LogP contribution in [0.3, 0.4) is 0 Å². The summed E-state index contributed by atoms with van der Waals surface area (Å²) in [5.41, 5.74) is 1.20. The Bertz CT molecular complexity index is 883. The van der Waals surface area contributed by atoms with Crippen molar-refractivity contribution < 1.29 is 19.1 Å². The number of thioether (sulfide) groups is 1. The van der Waals surface area contributed by atoms with Crippen LogP contribution in [0.1, 0.15) is 39.4 Å². The summed E-state index contributed by atoms with van der Waals surface area (Å²) in [5, 5.41) is 6.30. The monoisotopic (exact) mass is 440 g/mol. The fourth-order valence-corrected chi connectivity index (χ4v) is 4.14. The molecule has 0 aliphatic heterocycles. The minimum absolute atomic E-state index is 0.192. The van der Waals surface area contributed by atoms with Crippen LogP contribution in [0.25, 0.3) is 0 Å². The molecule has 0 atom stereocenters. The van der Waals surface area contributed by atoms with E-state index in [0.29, 0.717) is 26.2 Å². The Kier molecular flexibility index (Phi) is 8.35. The van der Waals surface area contributed by atoms with Crippen molar-refractivity contribution in [2.24, 2.45) is 0 Å². The molecular formula is C19H21ClN2O4S2. The minimum atomic E-state index is -0.573. The third-order valence-electron chi connectivity index (χ3n) is 3.61. The van der Waals surface area contributed by atoms with Gasteiger partial charge in [-0.2, -0.15) is 11.8 Å². The highest BCUT2D eigenvalue weighted by atomic mass is 35.5. The van der Waals surface area contributed by atoms with Crippen LogP contribution in [0, 0.1) is 6.92 Å². The maximum atomic E-state index is 12.7. The molecule has 0 saturated heterocycles. The number of hydrogen-bond donors (Lipinski definition) is 2. The third-order valence-corrected chi connectivity index (χ3v) is 5.92. The zero-order chi connectivity index (χ0) is 20.7. The molecule has 2 amide bonds. The summed E-state index contributed by atoms with van der Waals surface area (Å²) in [7, 11) is 0. The smallest absolute Gasteiger partial charge is 0.341 e. The quantitative estimate of drug-likeness (QED) is 0.574. The van der Waals surface area contributed by atoms with Gasteiger partial charge in [-0.3, -0.25) is 9.59 Å². The van der Waals surface area contributed by atoms with E-state index in [1.165, 1.54) is 11.8 Å². The van der Waals surface area contributed by atoms with Crippen molar-refractivity contribution in [2.45, 2.75) is 20.8 Å². The van der Waals surface area contributed by atoms with E-state index in [2.05, 4.69) is 10.6 Å². The van der Waals surface area contributed by atoms with E-state index in [4.69, 9.17) is 16.3 Å². The molecule has 150 valence electrons. The predicted molar refractivity (Wildman–Crippen MR) is 116 cm³/mol. The van der Waals surface area contributed by atoms with E-state index < -0.39 is 11.9 Å². The molecule has 0 radical (unpaired) electrons. The van der Waals surface area contributed by atoms with Crippen LogP contribution in [-0.2, 0) is 9.53 Å². The summed E-state index contributed by atoms with van der Waals surface area (Å²) in [5.74, 6) is -0.134. The van der Waals surface area contributed by atoms with Crippen LogP contribution in [0.5, 0.6) is 0 Å². The van der Waals surface area contributed by atoms with E-state index in [1.54, 1.807) is 38.1 Å². The van der Waals surface area contributed by atoms with Gasteiger partial charge >= 0.3 is 5.97 Å². The van der Waals surface area contributed by atoms with Crippen LogP contribution in [-0.4, -0.2) is 35.9 Å². The van der Waals surface area contributed by atoms with Crippen molar-refractivity contribution in [1.82, 2.24) is 0 Å². The first-order valence-electron chi connectivity index (χ1n) is 8.62. The van der Waals surface area contributed by atoms with Gasteiger partial charge in [-0.1, -0.05) is 24.6 Å². The second kappa shape index (κ2) is 10.5. The number of halogens is 1. The largest absolute Gasteiger partial charge is 0.462 e. The number of rotatable bonds is 8. The first kappa shape index (κ1) is 22.3. The summed E-state index contributed by atoms with van der Waals surface area (Å²) in [6.07, 6.45) is 0. The first-order chi connectivity index (χ1) is 13.4. The van der Waals surface area contributed by atoms with Crippen molar-refractivity contribution in [3.8, 4) is 0 Å². The minimum Gasteiger partial charge on any atom is -0.462 e. The molecule has 6 nitrogen and oxygen atoms in total. The van der Waals surface area contributed by atoms with Crippen LogP contribution < -0.4 is 10.6 Å². The van der Waals surface area contributed by atoms with Crippen molar-refractivity contribution in [3.63, 3.8) is 0 Å². The highest BCUT2D eigenvalue weighted by Gasteiger charge is 2.26. The second-order valence-electron chi connectivity index (χ2n) is 5.63. The van der Waals surface area contributed by atoms with Gasteiger partial charge in [-0.05, 0) is 43.4 Å². The number of amides is 2. The van der Waals surface area contributed by atoms with Gasteiger partial charge in [0.15, 0.2) is 0 Å². The molecule has 9 heteroatoms. The lowest BCUT2D eigenvalue weighted by molar-refractivity contribution is -0.113. The number of hydrogen-bond acceptors (Lipinski definition) is 6. The Morgan fingerprint density at radius 2 is 1.96 bits per heavy atom. The number of carbonyl (C=O) groups is 3. The lowest BCUT2D eigenvalue weighted by Crippen LogP contribution is -2.16. The lowest BCUT2D eigenvalue weighted by atomic mass is 10.1. The summed E-state index contributed by atoms with van der Waals surface area (Å²) in [6, 6.07) is 6.76. The fraction of sp³-hybridized carbons (Fsp3) is 0.316. The van der Waals surface area contributed by atoms with Gasteiger partial charge in [0.25, 0.3) is 5.91 Å². The number of anilines is 2. The molecule has 1 aromatic carbocycles.